The van der Waals surface area contributed by atoms with Gasteiger partial charge in [0.05, 0.1) is 0 Å². The summed E-state index contributed by atoms with van der Waals surface area (Å²) in [4.78, 5) is 2.65. The van der Waals surface area contributed by atoms with Crippen molar-refractivity contribution in [1.82, 2.24) is 10.2 Å². The highest BCUT2D eigenvalue weighted by Gasteiger charge is 2.19. The Balaban J connectivity index is 2.13. The molecule has 0 bridgehead atoms. The molecule has 0 aromatic carbocycles. The summed E-state index contributed by atoms with van der Waals surface area (Å²) in [5, 5.41) is 3.44. The van der Waals surface area contributed by atoms with Gasteiger partial charge in [0.25, 0.3) is 0 Å². The molecule has 0 radical (unpaired) electrons. The lowest BCUT2D eigenvalue weighted by Gasteiger charge is -2.32. The first-order valence-electron chi connectivity index (χ1n) is 8.14. The highest BCUT2D eigenvalue weighted by atomic mass is 15.1. The molecule has 2 heteroatoms. The van der Waals surface area contributed by atoms with Crippen LogP contribution in [0.5, 0.6) is 0 Å². The molecule has 0 amide bonds. The molecule has 1 N–H and O–H groups in total. The largest absolute Gasteiger partial charge is 0.387 e. The molecule has 0 unspecified atom stereocenters. The minimum Gasteiger partial charge on any atom is -0.387 e. The number of nitrogens with zero attached hydrogens (tertiary/aromatic N) is 1. The second-order valence-corrected chi connectivity index (χ2v) is 6.93. The van der Waals surface area contributed by atoms with Crippen LogP contribution in [0.15, 0.2) is 12.3 Å². The average Bonchev–Trinajstić information content (AvgIpc) is 2.29. The summed E-state index contributed by atoms with van der Waals surface area (Å²) < 4.78 is 0. The van der Waals surface area contributed by atoms with Crippen LogP contribution >= 0.6 is 0 Å². The molecule has 0 aliphatic carbocycles. The zero-order valence-corrected chi connectivity index (χ0v) is 13.5. The predicted octanol–water partition coefficient (Wildman–Crippen LogP) is 4.04. The number of likely N-dealkylation sites (tertiary alicyclic amines) is 1. The van der Waals surface area contributed by atoms with Gasteiger partial charge in [0.2, 0.25) is 0 Å². The van der Waals surface area contributed by atoms with E-state index < -0.39 is 0 Å². The summed E-state index contributed by atoms with van der Waals surface area (Å²) in [7, 11) is 0. The lowest BCUT2D eigenvalue weighted by atomic mass is 9.92. The Kier molecular flexibility index (Phi) is 7.52. The summed E-state index contributed by atoms with van der Waals surface area (Å²) in [6.07, 6.45) is 6.60. The van der Waals surface area contributed by atoms with Gasteiger partial charge in [-0.15, -0.1) is 0 Å². The molecule has 0 atom stereocenters. The lowest BCUT2D eigenvalue weighted by Crippen LogP contribution is -2.35. The van der Waals surface area contributed by atoms with Crippen LogP contribution < -0.4 is 5.32 Å². The van der Waals surface area contributed by atoms with Gasteiger partial charge in [-0.2, -0.15) is 0 Å². The zero-order chi connectivity index (χ0) is 14.3. The maximum Gasteiger partial charge on any atom is 0.0201 e. The van der Waals surface area contributed by atoms with E-state index >= 15 is 0 Å². The molecule has 1 fully saturated rings. The maximum atomic E-state index is 4.15. The number of nitrogens with one attached hydrogen (secondary N) is 1. The number of piperidine rings is 1. The Morgan fingerprint density at radius 2 is 1.84 bits per heavy atom. The minimum atomic E-state index is 0.517. The summed E-state index contributed by atoms with van der Waals surface area (Å²) in [6, 6.07) is 0.517. The highest BCUT2D eigenvalue weighted by Crippen LogP contribution is 2.23. The quantitative estimate of drug-likeness (QED) is 0.713. The van der Waals surface area contributed by atoms with Crippen molar-refractivity contribution in [3.63, 3.8) is 0 Å². The van der Waals surface area contributed by atoms with E-state index in [1.54, 1.807) is 0 Å². The van der Waals surface area contributed by atoms with Crippen LogP contribution in [-0.2, 0) is 0 Å². The Labute approximate surface area is 120 Å². The van der Waals surface area contributed by atoms with E-state index in [1.807, 2.05) is 0 Å². The monoisotopic (exact) mass is 266 g/mol. The normalized spacial score (nSPS) is 18.2. The first kappa shape index (κ1) is 16.6. The van der Waals surface area contributed by atoms with Crippen molar-refractivity contribution < 1.29 is 0 Å². The predicted molar refractivity (Wildman–Crippen MR) is 85.3 cm³/mol. The average molecular weight is 266 g/mol. The first-order valence-corrected chi connectivity index (χ1v) is 8.14. The fourth-order valence-electron chi connectivity index (χ4n) is 2.95. The second kappa shape index (κ2) is 8.63. The number of rotatable bonds is 8. The van der Waals surface area contributed by atoms with Crippen LogP contribution in [0.4, 0.5) is 0 Å². The Morgan fingerprint density at radius 1 is 1.21 bits per heavy atom. The van der Waals surface area contributed by atoms with Gasteiger partial charge >= 0.3 is 0 Å². The van der Waals surface area contributed by atoms with Crippen molar-refractivity contribution in [2.75, 3.05) is 19.6 Å². The first-order chi connectivity index (χ1) is 8.97. The smallest absolute Gasteiger partial charge is 0.0201 e. The van der Waals surface area contributed by atoms with Crippen LogP contribution in [0, 0.1) is 11.8 Å². The highest BCUT2D eigenvalue weighted by molar-refractivity contribution is 4.95. The fraction of sp³-hybridized carbons (Fsp3) is 0.882. The SMILES string of the molecule is C=C(CC1CCN(CCCC(C)C)CC1)NC(C)C. The molecule has 1 saturated heterocycles. The van der Waals surface area contributed by atoms with Crippen molar-refractivity contribution in [2.24, 2.45) is 11.8 Å². The summed E-state index contributed by atoms with van der Waals surface area (Å²) in [6.45, 7) is 17.0. The van der Waals surface area contributed by atoms with Crippen molar-refractivity contribution in [1.29, 1.82) is 0 Å². The van der Waals surface area contributed by atoms with Gasteiger partial charge in [-0.1, -0.05) is 20.4 Å². The van der Waals surface area contributed by atoms with Crippen LogP contribution in [-0.4, -0.2) is 30.6 Å². The van der Waals surface area contributed by atoms with Crippen LogP contribution in [0.1, 0.15) is 59.8 Å². The molecule has 1 aliphatic heterocycles. The van der Waals surface area contributed by atoms with E-state index in [-0.39, 0.29) is 0 Å². The zero-order valence-electron chi connectivity index (χ0n) is 13.5. The van der Waals surface area contributed by atoms with Crippen LogP contribution in [0.2, 0.25) is 0 Å². The second-order valence-electron chi connectivity index (χ2n) is 6.93. The van der Waals surface area contributed by atoms with Gasteiger partial charge in [-0.05, 0) is 77.4 Å². The Hall–Kier alpha value is -0.500. The van der Waals surface area contributed by atoms with Gasteiger partial charge in [0, 0.05) is 11.7 Å². The Bertz CT molecular complexity index is 250. The summed E-state index contributed by atoms with van der Waals surface area (Å²) in [5.74, 6) is 1.70. The van der Waals surface area contributed by atoms with Gasteiger partial charge in [0.15, 0.2) is 0 Å². The molecule has 19 heavy (non-hydrogen) atoms. The maximum absolute atomic E-state index is 4.15. The molecule has 0 aromatic heterocycles. The van der Waals surface area contributed by atoms with E-state index in [2.05, 4.69) is 44.5 Å². The fourth-order valence-corrected chi connectivity index (χ4v) is 2.95. The third-order valence-electron chi connectivity index (χ3n) is 3.99. The van der Waals surface area contributed by atoms with E-state index in [4.69, 9.17) is 0 Å². The molecule has 1 aliphatic rings. The standard InChI is InChI=1S/C17H34N2/c1-14(2)7-6-10-19-11-8-17(9-12-19)13-16(5)18-15(3)4/h14-15,17-18H,5-13H2,1-4H3. The lowest BCUT2D eigenvalue weighted by molar-refractivity contribution is 0.178. The van der Waals surface area contributed by atoms with Crippen molar-refractivity contribution in [2.45, 2.75) is 65.8 Å². The van der Waals surface area contributed by atoms with Gasteiger partial charge in [-0.25, -0.2) is 0 Å². The molecule has 0 spiro atoms. The molecule has 1 rings (SSSR count). The van der Waals surface area contributed by atoms with E-state index in [0.717, 1.165) is 18.3 Å². The molecule has 2 nitrogen and oxygen atoms in total. The third-order valence-corrected chi connectivity index (χ3v) is 3.99. The molecule has 112 valence electrons. The molecular weight excluding hydrogens is 232 g/mol. The van der Waals surface area contributed by atoms with E-state index in [9.17, 15) is 0 Å². The topological polar surface area (TPSA) is 15.3 Å². The summed E-state index contributed by atoms with van der Waals surface area (Å²) in [5.41, 5.74) is 1.23. The van der Waals surface area contributed by atoms with E-state index in [1.165, 1.54) is 51.0 Å². The van der Waals surface area contributed by atoms with Gasteiger partial charge < -0.3 is 10.2 Å². The molecule has 1 heterocycles. The third kappa shape index (κ3) is 7.61. The number of hydrogen-bond acceptors (Lipinski definition) is 2. The van der Waals surface area contributed by atoms with Gasteiger partial charge in [0.1, 0.15) is 0 Å². The summed E-state index contributed by atoms with van der Waals surface area (Å²) >= 11 is 0. The van der Waals surface area contributed by atoms with Crippen molar-refractivity contribution in [3.8, 4) is 0 Å². The van der Waals surface area contributed by atoms with Crippen molar-refractivity contribution >= 4 is 0 Å². The van der Waals surface area contributed by atoms with Crippen LogP contribution in [0.3, 0.4) is 0 Å². The Morgan fingerprint density at radius 3 is 2.37 bits per heavy atom. The minimum absolute atomic E-state index is 0.517. The van der Waals surface area contributed by atoms with E-state index in [0.29, 0.717) is 6.04 Å². The number of allylic oxidation sites excluding steroid dienone is 1. The number of hydrogen-bond donors (Lipinski definition) is 1. The molecule has 0 aromatic rings. The van der Waals surface area contributed by atoms with Crippen molar-refractivity contribution in [3.05, 3.63) is 12.3 Å². The molecule has 0 saturated carbocycles. The van der Waals surface area contributed by atoms with Crippen LogP contribution in [0.25, 0.3) is 0 Å². The van der Waals surface area contributed by atoms with Gasteiger partial charge in [-0.3, -0.25) is 0 Å². The molecular formula is C17H34N2.